The molecule has 2 aromatic rings. The van der Waals surface area contributed by atoms with Crippen molar-refractivity contribution in [3.8, 4) is 10.6 Å². The summed E-state index contributed by atoms with van der Waals surface area (Å²) in [7, 11) is 0. The van der Waals surface area contributed by atoms with Gasteiger partial charge in [-0.2, -0.15) is 0 Å². The van der Waals surface area contributed by atoms with Crippen LogP contribution in [0.15, 0.2) is 22.7 Å². The molecule has 2 aromatic heterocycles. The van der Waals surface area contributed by atoms with E-state index in [1.165, 1.54) is 17.4 Å². The molecule has 1 amide bonds. The summed E-state index contributed by atoms with van der Waals surface area (Å²) in [5.41, 5.74) is 0.0366. The molecular weight excluding hydrogens is 328 g/mol. The summed E-state index contributed by atoms with van der Waals surface area (Å²) >= 11 is 7.14. The summed E-state index contributed by atoms with van der Waals surface area (Å²) in [4.78, 5) is 24.0. The molecule has 0 fully saturated rings. The molecule has 0 saturated heterocycles. The highest BCUT2D eigenvalue weighted by molar-refractivity contribution is 7.19. The van der Waals surface area contributed by atoms with Crippen molar-refractivity contribution in [2.24, 2.45) is 5.92 Å². The van der Waals surface area contributed by atoms with Gasteiger partial charge in [0.25, 0.3) is 5.91 Å². The number of amides is 1. The van der Waals surface area contributed by atoms with Crippen molar-refractivity contribution >= 4 is 34.8 Å². The molecule has 0 radical (unpaired) electrons. The number of nitrogens with zero attached hydrogens (tertiary/aromatic N) is 1. The quantitative estimate of drug-likeness (QED) is 0.840. The molecule has 2 heterocycles. The topological polar surface area (TPSA) is 92.4 Å². The number of carbonyl (C=O) groups is 2. The monoisotopic (exact) mass is 342 g/mol. The van der Waals surface area contributed by atoms with E-state index in [9.17, 15) is 9.59 Å². The molecule has 0 aromatic carbocycles. The molecular formula is C14H15ClN2O4S. The Bertz CT molecular complexity index is 680. The summed E-state index contributed by atoms with van der Waals surface area (Å²) in [6, 6.07) is 3.98. The minimum absolute atomic E-state index is 0.0366. The average Bonchev–Trinajstić information content (AvgIpc) is 3.05. The molecule has 2 N–H and O–H groups in total. The van der Waals surface area contributed by atoms with Gasteiger partial charge in [0.2, 0.25) is 0 Å². The van der Waals surface area contributed by atoms with E-state index in [1.54, 1.807) is 12.1 Å². The largest absolute Gasteiger partial charge is 0.480 e. The number of aromatic nitrogens is 1. The lowest BCUT2D eigenvalue weighted by molar-refractivity contribution is -0.139. The Morgan fingerprint density at radius 2 is 2.18 bits per heavy atom. The summed E-state index contributed by atoms with van der Waals surface area (Å²) in [6.45, 7) is 3.77. The van der Waals surface area contributed by atoms with Crippen LogP contribution in [0.2, 0.25) is 4.34 Å². The maximum absolute atomic E-state index is 12.1. The molecule has 118 valence electrons. The van der Waals surface area contributed by atoms with Crippen LogP contribution < -0.4 is 5.32 Å². The van der Waals surface area contributed by atoms with Gasteiger partial charge in [-0.3, -0.25) is 4.79 Å². The Labute approximate surface area is 136 Å². The average molecular weight is 343 g/mol. The van der Waals surface area contributed by atoms with Crippen LogP contribution in [-0.2, 0) is 4.79 Å². The van der Waals surface area contributed by atoms with Crippen molar-refractivity contribution in [2.75, 3.05) is 0 Å². The minimum Gasteiger partial charge on any atom is -0.480 e. The maximum atomic E-state index is 12.1. The van der Waals surface area contributed by atoms with Gasteiger partial charge in [-0.05, 0) is 24.5 Å². The first-order valence-electron chi connectivity index (χ1n) is 6.63. The standard InChI is InChI=1S/C14H15ClN2O4S/c1-7(2)5-9(14(19)20)16-13(18)8-6-10(21-17-8)11-3-4-12(15)22-11/h3-4,6-7,9H,5H2,1-2H3,(H,16,18)(H,19,20)/t9-/m1/s1. The van der Waals surface area contributed by atoms with Crippen LogP contribution in [0.3, 0.4) is 0 Å². The molecule has 6 nitrogen and oxygen atoms in total. The number of carboxylic acids is 1. The fraction of sp³-hybridized carbons (Fsp3) is 0.357. The number of nitrogens with one attached hydrogen (secondary N) is 1. The first-order chi connectivity index (χ1) is 10.4. The van der Waals surface area contributed by atoms with Crippen molar-refractivity contribution < 1.29 is 19.2 Å². The molecule has 22 heavy (non-hydrogen) atoms. The zero-order valence-corrected chi connectivity index (χ0v) is 13.6. The zero-order valence-electron chi connectivity index (χ0n) is 12.0. The highest BCUT2D eigenvalue weighted by atomic mass is 35.5. The Balaban J connectivity index is 2.09. The maximum Gasteiger partial charge on any atom is 0.326 e. The lowest BCUT2D eigenvalue weighted by Gasteiger charge is -2.15. The van der Waals surface area contributed by atoms with E-state index < -0.39 is 17.9 Å². The fourth-order valence-electron chi connectivity index (χ4n) is 1.87. The van der Waals surface area contributed by atoms with Gasteiger partial charge in [0, 0.05) is 6.07 Å². The van der Waals surface area contributed by atoms with Gasteiger partial charge >= 0.3 is 5.97 Å². The lowest BCUT2D eigenvalue weighted by Crippen LogP contribution is -2.41. The number of carboxylic acid groups (broad SMARTS) is 1. The molecule has 2 rings (SSSR count). The normalized spacial score (nSPS) is 12.4. The van der Waals surface area contributed by atoms with E-state index in [2.05, 4.69) is 10.5 Å². The molecule has 0 saturated carbocycles. The third kappa shape index (κ3) is 4.08. The predicted octanol–water partition coefficient (Wildman–Crippen LogP) is 3.29. The first kappa shape index (κ1) is 16.5. The summed E-state index contributed by atoms with van der Waals surface area (Å²) < 4.78 is 5.70. The Hall–Kier alpha value is -1.86. The molecule has 0 spiro atoms. The van der Waals surface area contributed by atoms with E-state index in [4.69, 9.17) is 21.2 Å². The van der Waals surface area contributed by atoms with Gasteiger partial charge in [-0.15, -0.1) is 11.3 Å². The number of hydrogen-bond donors (Lipinski definition) is 2. The molecule has 0 bridgehead atoms. The van der Waals surface area contributed by atoms with Gasteiger partial charge in [0.1, 0.15) is 6.04 Å². The van der Waals surface area contributed by atoms with Crippen LogP contribution >= 0.6 is 22.9 Å². The van der Waals surface area contributed by atoms with E-state index >= 15 is 0 Å². The third-order valence-electron chi connectivity index (χ3n) is 2.87. The molecule has 0 aliphatic rings. The summed E-state index contributed by atoms with van der Waals surface area (Å²) in [5.74, 6) is -1.10. The van der Waals surface area contributed by atoms with Crippen molar-refractivity contribution in [1.82, 2.24) is 10.5 Å². The van der Waals surface area contributed by atoms with E-state index in [-0.39, 0.29) is 11.6 Å². The lowest BCUT2D eigenvalue weighted by atomic mass is 10.0. The number of hydrogen-bond acceptors (Lipinski definition) is 5. The van der Waals surface area contributed by atoms with Crippen LogP contribution in [0.4, 0.5) is 0 Å². The second-order valence-electron chi connectivity index (χ2n) is 5.17. The number of rotatable bonds is 6. The third-order valence-corrected chi connectivity index (χ3v) is 4.12. The van der Waals surface area contributed by atoms with Crippen LogP contribution in [0.5, 0.6) is 0 Å². The Morgan fingerprint density at radius 3 is 2.73 bits per heavy atom. The van der Waals surface area contributed by atoms with E-state index in [0.717, 1.165) is 4.88 Å². The number of carbonyl (C=O) groups excluding carboxylic acids is 1. The number of halogens is 1. The number of aliphatic carboxylic acids is 1. The van der Waals surface area contributed by atoms with Gasteiger partial charge in [-0.25, -0.2) is 4.79 Å². The molecule has 1 atom stereocenters. The second-order valence-corrected chi connectivity index (χ2v) is 6.89. The highest BCUT2D eigenvalue weighted by Gasteiger charge is 2.23. The minimum atomic E-state index is -1.07. The van der Waals surface area contributed by atoms with Crippen molar-refractivity contribution in [2.45, 2.75) is 26.3 Å². The van der Waals surface area contributed by atoms with Gasteiger partial charge in [0.15, 0.2) is 11.5 Å². The van der Waals surface area contributed by atoms with Gasteiger partial charge in [0.05, 0.1) is 9.21 Å². The van der Waals surface area contributed by atoms with Crippen LogP contribution in [-0.4, -0.2) is 28.2 Å². The smallest absolute Gasteiger partial charge is 0.326 e. The summed E-state index contributed by atoms with van der Waals surface area (Å²) in [5, 5.41) is 15.3. The zero-order chi connectivity index (χ0) is 16.3. The molecule has 8 heteroatoms. The van der Waals surface area contributed by atoms with Crippen molar-refractivity contribution in [1.29, 1.82) is 0 Å². The number of thiophene rings is 1. The van der Waals surface area contributed by atoms with E-state index in [0.29, 0.717) is 16.5 Å². The molecule has 0 aliphatic carbocycles. The van der Waals surface area contributed by atoms with Crippen LogP contribution in [0, 0.1) is 5.92 Å². The van der Waals surface area contributed by atoms with Gasteiger partial charge in [-0.1, -0.05) is 30.6 Å². The Kier molecular flexibility index (Phi) is 5.20. The highest BCUT2D eigenvalue weighted by Crippen LogP contribution is 2.31. The first-order valence-corrected chi connectivity index (χ1v) is 7.82. The van der Waals surface area contributed by atoms with Gasteiger partial charge < -0.3 is 14.9 Å². The summed E-state index contributed by atoms with van der Waals surface area (Å²) in [6.07, 6.45) is 0.340. The Morgan fingerprint density at radius 1 is 1.45 bits per heavy atom. The van der Waals surface area contributed by atoms with Crippen LogP contribution in [0.1, 0.15) is 30.8 Å². The predicted molar refractivity (Wildman–Crippen MR) is 83.2 cm³/mol. The van der Waals surface area contributed by atoms with Crippen molar-refractivity contribution in [3.05, 3.63) is 28.2 Å². The van der Waals surface area contributed by atoms with Crippen LogP contribution in [0.25, 0.3) is 10.6 Å². The SMILES string of the molecule is CC(C)C[C@@H](NC(=O)c1cc(-c2ccc(Cl)s2)on1)C(=O)O. The molecule has 0 aliphatic heterocycles. The van der Waals surface area contributed by atoms with Crippen molar-refractivity contribution in [3.63, 3.8) is 0 Å². The molecule has 0 unspecified atom stereocenters. The van der Waals surface area contributed by atoms with E-state index in [1.807, 2.05) is 13.8 Å². The fourth-order valence-corrected chi connectivity index (χ4v) is 2.86. The second kappa shape index (κ2) is 6.93.